The summed E-state index contributed by atoms with van der Waals surface area (Å²) in [5.41, 5.74) is 0.595. The molecule has 1 saturated heterocycles. The van der Waals surface area contributed by atoms with Gasteiger partial charge in [-0.3, -0.25) is 9.69 Å². The van der Waals surface area contributed by atoms with Crippen LogP contribution < -0.4 is 5.32 Å². The Kier molecular flexibility index (Phi) is 7.76. The number of imidazole rings is 1. The zero-order valence-electron chi connectivity index (χ0n) is 23.4. The lowest BCUT2D eigenvalue weighted by molar-refractivity contribution is -0.131. The Hall–Kier alpha value is -2.75. The fourth-order valence-electron chi connectivity index (χ4n) is 5.47. The number of pyridine rings is 1. The second-order valence-electron chi connectivity index (χ2n) is 12.4. The van der Waals surface area contributed by atoms with Crippen molar-refractivity contribution in [1.29, 1.82) is 0 Å². The molecule has 1 aliphatic carbocycles. The number of fused-ring (bicyclic) bond motifs is 1. The maximum absolute atomic E-state index is 13.8. The van der Waals surface area contributed by atoms with Crippen molar-refractivity contribution in [3.63, 3.8) is 0 Å². The number of piperazine rings is 1. The van der Waals surface area contributed by atoms with Crippen LogP contribution in [0.15, 0.2) is 24.5 Å². The van der Waals surface area contributed by atoms with Crippen molar-refractivity contribution in [2.45, 2.75) is 90.3 Å². The van der Waals surface area contributed by atoms with Gasteiger partial charge >= 0.3 is 6.09 Å². The van der Waals surface area contributed by atoms with Crippen LogP contribution >= 0.6 is 0 Å². The average Bonchev–Trinajstić information content (AvgIpc) is 3.26. The second-order valence-corrected chi connectivity index (χ2v) is 12.4. The zero-order chi connectivity index (χ0) is 27.9. The highest BCUT2D eigenvalue weighted by Gasteiger charge is 2.41. The first-order valence-corrected chi connectivity index (χ1v) is 13.5. The molecule has 0 radical (unpaired) electrons. The van der Waals surface area contributed by atoms with E-state index in [0.29, 0.717) is 38.3 Å². The fraction of sp³-hybridized carbons (Fsp3) is 0.679. The molecular weight excluding hydrogens is 492 g/mol. The van der Waals surface area contributed by atoms with E-state index in [1.807, 2.05) is 69.2 Å². The Bertz CT molecular complexity index is 1160. The fourth-order valence-corrected chi connectivity index (χ4v) is 5.47. The number of hydrogen-bond acceptors (Lipinski definition) is 5. The van der Waals surface area contributed by atoms with Crippen LogP contribution in [0.3, 0.4) is 0 Å². The lowest BCUT2D eigenvalue weighted by Crippen LogP contribution is -2.62. The number of ether oxygens (including phenoxy) is 1. The normalized spacial score (nSPS) is 21.5. The minimum absolute atomic E-state index is 0.0882. The van der Waals surface area contributed by atoms with Crippen LogP contribution in [0.25, 0.3) is 5.52 Å². The topological polar surface area (TPSA) is 79.2 Å². The van der Waals surface area contributed by atoms with Gasteiger partial charge in [0.1, 0.15) is 17.5 Å². The van der Waals surface area contributed by atoms with E-state index in [2.05, 4.69) is 10.3 Å². The van der Waals surface area contributed by atoms with Crippen molar-refractivity contribution in [2.24, 2.45) is 5.92 Å². The highest BCUT2D eigenvalue weighted by atomic mass is 19.3. The molecule has 1 aliphatic heterocycles. The van der Waals surface area contributed by atoms with Gasteiger partial charge in [0.15, 0.2) is 0 Å². The van der Waals surface area contributed by atoms with Crippen molar-refractivity contribution >= 4 is 17.5 Å². The van der Waals surface area contributed by atoms with E-state index in [1.165, 1.54) is 0 Å². The molecule has 2 fully saturated rings. The molecule has 2 amide bonds. The lowest BCUT2D eigenvalue weighted by Gasteiger charge is -2.43. The van der Waals surface area contributed by atoms with Gasteiger partial charge in [-0.05, 0) is 71.9 Å². The first kappa shape index (κ1) is 28.3. The minimum Gasteiger partial charge on any atom is -0.444 e. The summed E-state index contributed by atoms with van der Waals surface area (Å²) in [6, 6.07) is 3.32. The number of nitrogens with zero attached hydrogens (tertiary/aromatic N) is 4. The van der Waals surface area contributed by atoms with Crippen molar-refractivity contribution in [3.8, 4) is 0 Å². The van der Waals surface area contributed by atoms with Gasteiger partial charge in [0, 0.05) is 45.2 Å². The van der Waals surface area contributed by atoms with Crippen LogP contribution in [-0.2, 0) is 15.1 Å². The third kappa shape index (κ3) is 6.45. The number of halogens is 2. The van der Waals surface area contributed by atoms with Gasteiger partial charge in [-0.1, -0.05) is 6.07 Å². The van der Waals surface area contributed by atoms with Crippen LogP contribution in [0.5, 0.6) is 0 Å². The standard InChI is InChI=1S/C28H41F2N5O3/c1-19-8-7-13-35-21(19)16-31-24(35)27(5,6)32-23(36)22-18-34(25(37)38-26(2,3)4)15-14-33(22)17-20-9-11-28(29,30)12-10-20/h7-8,13,16,20,22H,9-12,14-15,17-18H2,1-6H3,(H,32,36)/t22-/m0/s1. The van der Waals surface area contributed by atoms with Crippen molar-refractivity contribution in [3.05, 3.63) is 35.9 Å². The highest BCUT2D eigenvalue weighted by Crippen LogP contribution is 2.37. The van der Waals surface area contributed by atoms with Crippen molar-refractivity contribution in [2.75, 3.05) is 26.2 Å². The average molecular weight is 534 g/mol. The Morgan fingerprint density at radius 3 is 2.50 bits per heavy atom. The summed E-state index contributed by atoms with van der Waals surface area (Å²) >= 11 is 0. The Morgan fingerprint density at radius 1 is 1.16 bits per heavy atom. The second kappa shape index (κ2) is 10.4. The molecule has 2 aromatic heterocycles. The van der Waals surface area contributed by atoms with Crippen LogP contribution in [0.2, 0.25) is 0 Å². The van der Waals surface area contributed by atoms with Gasteiger partial charge in [0.05, 0.1) is 17.3 Å². The number of nitrogens with one attached hydrogen (secondary N) is 1. The van der Waals surface area contributed by atoms with E-state index in [9.17, 15) is 18.4 Å². The van der Waals surface area contributed by atoms with Gasteiger partial charge in [0.2, 0.25) is 11.8 Å². The van der Waals surface area contributed by atoms with Crippen molar-refractivity contribution in [1.82, 2.24) is 24.5 Å². The molecule has 2 aromatic rings. The molecule has 1 N–H and O–H groups in total. The molecule has 3 heterocycles. The minimum atomic E-state index is -2.60. The van der Waals surface area contributed by atoms with E-state index in [0.717, 1.165) is 11.1 Å². The monoisotopic (exact) mass is 533 g/mol. The SMILES string of the molecule is Cc1cccn2c(C(C)(C)NC(=O)[C@@H]3CN(C(=O)OC(C)(C)C)CCN3CC3CCC(F)(F)CC3)ncc12. The summed E-state index contributed by atoms with van der Waals surface area (Å²) in [5.74, 6) is -2.04. The number of carbonyl (C=O) groups is 2. The molecule has 0 spiro atoms. The molecule has 1 saturated carbocycles. The highest BCUT2D eigenvalue weighted by molar-refractivity contribution is 5.84. The van der Waals surface area contributed by atoms with Crippen molar-refractivity contribution < 1.29 is 23.1 Å². The van der Waals surface area contributed by atoms with E-state index < -0.39 is 29.2 Å². The predicted octanol–water partition coefficient (Wildman–Crippen LogP) is 4.74. The molecule has 2 aliphatic rings. The third-order valence-corrected chi connectivity index (χ3v) is 7.55. The van der Waals surface area contributed by atoms with Crippen LogP contribution in [0.1, 0.15) is 71.7 Å². The molecule has 4 rings (SSSR count). The predicted molar refractivity (Wildman–Crippen MR) is 141 cm³/mol. The summed E-state index contributed by atoms with van der Waals surface area (Å²) in [5, 5.41) is 3.17. The molecule has 10 heteroatoms. The number of aromatic nitrogens is 2. The first-order valence-electron chi connectivity index (χ1n) is 13.5. The summed E-state index contributed by atoms with van der Waals surface area (Å²) in [4.78, 5) is 34.9. The van der Waals surface area contributed by atoms with E-state index in [4.69, 9.17) is 4.74 Å². The first-order chi connectivity index (χ1) is 17.7. The Labute approximate surface area is 223 Å². The molecular formula is C28H41F2N5O3. The van der Waals surface area contributed by atoms with Gasteiger partial charge < -0.3 is 19.4 Å². The Balaban J connectivity index is 1.53. The number of rotatable bonds is 5. The number of amides is 2. The Morgan fingerprint density at radius 2 is 1.84 bits per heavy atom. The summed E-state index contributed by atoms with van der Waals surface area (Å²) in [7, 11) is 0. The van der Waals surface area contributed by atoms with Gasteiger partial charge in [-0.2, -0.15) is 0 Å². The molecule has 0 bridgehead atoms. The molecule has 210 valence electrons. The van der Waals surface area contributed by atoms with Crippen LogP contribution in [-0.4, -0.2) is 74.9 Å². The molecule has 0 unspecified atom stereocenters. The third-order valence-electron chi connectivity index (χ3n) is 7.55. The van der Waals surface area contributed by atoms with E-state index in [-0.39, 0.29) is 31.2 Å². The number of alkyl halides is 2. The van der Waals surface area contributed by atoms with Gasteiger partial charge in [-0.15, -0.1) is 0 Å². The maximum Gasteiger partial charge on any atom is 0.410 e. The van der Waals surface area contributed by atoms with Gasteiger partial charge in [0.25, 0.3) is 0 Å². The number of aryl methyl sites for hydroxylation is 1. The van der Waals surface area contributed by atoms with Crippen LogP contribution in [0.4, 0.5) is 13.6 Å². The number of carbonyl (C=O) groups excluding carboxylic acids is 2. The van der Waals surface area contributed by atoms with Crippen LogP contribution in [0, 0.1) is 12.8 Å². The molecule has 38 heavy (non-hydrogen) atoms. The van der Waals surface area contributed by atoms with E-state index in [1.54, 1.807) is 11.1 Å². The summed E-state index contributed by atoms with van der Waals surface area (Å²) < 4.78 is 35.0. The van der Waals surface area contributed by atoms with Gasteiger partial charge in [-0.25, -0.2) is 18.6 Å². The van der Waals surface area contributed by atoms with E-state index >= 15 is 0 Å². The largest absolute Gasteiger partial charge is 0.444 e. The smallest absolute Gasteiger partial charge is 0.410 e. The summed E-state index contributed by atoms with van der Waals surface area (Å²) in [6.45, 7) is 12.8. The number of hydrogen-bond donors (Lipinski definition) is 1. The molecule has 8 nitrogen and oxygen atoms in total. The summed E-state index contributed by atoms with van der Waals surface area (Å²) in [6.07, 6.45) is 3.89. The zero-order valence-corrected chi connectivity index (χ0v) is 23.4. The maximum atomic E-state index is 13.8. The molecule has 0 aromatic carbocycles. The molecule has 1 atom stereocenters. The quantitative estimate of drug-likeness (QED) is 0.601. The lowest BCUT2D eigenvalue weighted by atomic mass is 9.86.